The average molecular weight is 340 g/mol. The van der Waals surface area contributed by atoms with Gasteiger partial charge in [0.1, 0.15) is 5.82 Å². The third-order valence-corrected chi connectivity index (χ3v) is 4.82. The van der Waals surface area contributed by atoms with Gasteiger partial charge in [-0.2, -0.15) is 4.98 Å². The molecule has 2 aliphatic rings. The molecule has 0 amide bonds. The highest BCUT2D eigenvalue weighted by Gasteiger charge is 2.46. The van der Waals surface area contributed by atoms with Crippen LogP contribution in [0.1, 0.15) is 18.4 Å². The molecule has 7 N–H and O–H groups in total. The maximum Gasteiger partial charge on any atom is 0.222 e. The number of hydrogen-bond acceptors (Lipinski definition) is 8. The predicted molar refractivity (Wildman–Crippen MR) is 96.2 cm³/mol. The first-order chi connectivity index (χ1) is 12.0. The first kappa shape index (κ1) is 15.8. The van der Waals surface area contributed by atoms with E-state index in [1.807, 2.05) is 18.2 Å². The minimum atomic E-state index is -0.374. The molecule has 0 spiro atoms. The van der Waals surface area contributed by atoms with Crippen LogP contribution >= 0.6 is 0 Å². The van der Waals surface area contributed by atoms with Gasteiger partial charge in [0.2, 0.25) is 5.95 Å². The van der Waals surface area contributed by atoms with E-state index in [1.54, 1.807) is 0 Å². The van der Waals surface area contributed by atoms with E-state index in [1.165, 1.54) is 6.08 Å². The average Bonchev–Trinajstić information content (AvgIpc) is 3.13. The van der Waals surface area contributed by atoms with Gasteiger partial charge in [-0.25, -0.2) is 4.98 Å². The number of rotatable bonds is 4. The summed E-state index contributed by atoms with van der Waals surface area (Å²) in [4.78, 5) is 8.62. The number of aromatic nitrogens is 2. The zero-order valence-corrected chi connectivity index (χ0v) is 13.5. The summed E-state index contributed by atoms with van der Waals surface area (Å²) in [5, 5.41) is 21.2. The van der Waals surface area contributed by atoms with Crippen molar-refractivity contribution in [2.24, 2.45) is 5.73 Å². The third-order valence-electron chi connectivity index (χ3n) is 4.82. The van der Waals surface area contributed by atoms with Crippen molar-refractivity contribution in [3.05, 3.63) is 29.8 Å². The summed E-state index contributed by atoms with van der Waals surface area (Å²) in [6.07, 6.45) is 3.54. The van der Waals surface area contributed by atoms with Crippen molar-refractivity contribution in [1.29, 1.82) is 5.41 Å². The molecule has 2 fully saturated rings. The highest BCUT2D eigenvalue weighted by molar-refractivity contribution is 5.93. The smallest absolute Gasteiger partial charge is 0.222 e. The number of allylic oxidation sites excluding steroid dienone is 1. The molecule has 4 unspecified atom stereocenters. The second-order valence-corrected chi connectivity index (χ2v) is 6.45. The summed E-state index contributed by atoms with van der Waals surface area (Å²) in [6, 6.07) is 5.67. The van der Waals surface area contributed by atoms with E-state index >= 15 is 0 Å². The summed E-state index contributed by atoms with van der Waals surface area (Å²) in [5.74, 6) is 0.824. The minimum Gasteiger partial charge on any atom is -0.398 e. The number of anilines is 2. The summed E-state index contributed by atoms with van der Waals surface area (Å²) >= 11 is 0. The van der Waals surface area contributed by atoms with Gasteiger partial charge in [0.15, 0.2) is 0 Å². The van der Waals surface area contributed by atoms with E-state index in [0.29, 0.717) is 23.5 Å². The van der Waals surface area contributed by atoms with Crippen LogP contribution in [0.15, 0.2) is 24.3 Å². The van der Waals surface area contributed by atoms with Gasteiger partial charge < -0.3 is 32.0 Å². The van der Waals surface area contributed by atoms with E-state index in [2.05, 4.69) is 15.3 Å². The maximum atomic E-state index is 9.81. The van der Waals surface area contributed by atoms with Crippen molar-refractivity contribution in [3.63, 3.8) is 0 Å². The van der Waals surface area contributed by atoms with E-state index in [0.717, 1.165) is 23.6 Å². The number of nitrogens with two attached hydrogens (primary N) is 2. The second kappa shape index (κ2) is 5.98. The van der Waals surface area contributed by atoms with Crippen LogP contribution in [-0.2, 0) is 4.74 Å². The monoisotopic (exact) mass is 340 g/mol. The van der Waals surface area contributed by atoms with Crippen molar-refractivity contribution < 1.29 is 9.84 Å². The summed E-state index contributed by atoms with van der Waals surface area (Å²) in [7, 11) is 0. The second-order valence-electron chi connectivity index (χ2n) is 6.45. The van der Waals surface area contributed by atoms with Crippen LogP contribution in [0, 0.1) is 5.41 Å². The predicted octanol–water partition coefficient (Wildman–Crippen LogP) is 0.864. The highest BCUT2D eigenvalue weighted by atomic mass is 16.5. The fourth-order valence-electron chi connectivity index (χ4n) is 3.59. The molecule has 1 aromatic carbocycles. The molecule has 4 rings (SSSR count). The molecule has 25 heavy (non-hydrogen) atoms. The summed E-state index contributed by atoms with van der Waals surface area (Å²) in [6.45, 7) is 0. The SMILES string of the molecule is N=C/C=C(\N)c1ccc2c(NC3CC4OC3CC4O)nc(N)nc2c1. The van der Waals surface area contributed by atoms with Crippen LogP contribution in [0.4, 0.5) is 11.8 Å². The molecule has 1 aromatic heterocycles. The van der Waals surface area contributed by atoms with Gasteiger partial charge in [-0.3, -0.25) is 0 Å². The molecule has 2 saturated heterocycles. The largest absolute Gasteiger partial charge is 0.398 e. The zero-order chi connectivity index (χ0) is 17.6. The number of benzene rings is 1. The van der Waals surface area contributed by atoms with Gasteiger partial charge in [-0.1, -0.05) is 6.07 Å². The van der Waals surface area contributed by atoms with Gasteiger partial charge in [0, 0.05) is 23.7 Å². The molecule has 0 radical (unpaired) electrons. The zero-order valence-electron chi connectivity index (χ0n) is 13.5. The molecule has 0 aliphatic carbocycles. The number of nitrogens with zero attached hydrogens (tertiary/aromatic N) is 2. The van der Waals surface area contributed by atoms with Crippen molar-refractivity contribution in [2.45, 2.75) is 37.2 Å². The number of aliphatic hydroxyl groups is 1. The lowest BCUT2D eigenvalue weighted by atomic mass is 9.93. The molecule has 2 aliphatic heterocycles. The van der Waals surface area contributed by atoms with Crippen LogP contribution in [0.5, 0.6) is 0 Å². The number of ether oxygens (including phenoxy) is 1. The fourth-order valence-corrected chi connectivity index (χ4v) is 3.59. The molecule has 3 heterocycles. The van der Waals surface area contributed by atoms with Crippen LogP contribution in [0.2, 0.25) is 0 Å². The van der Waals surface area contributed by atoms with Gasteiger partial charge >= 0.3 is 0 Å². The number of hydrogen-bond donors (Lipinski definition) is 5. The Kier molecular flexibility index (Phi) is 3.78. The summed E-state index contributed by atoms with van der Waals surface area (Å²) < 4.78 is 5.76. The van der Waals surface area contributed by atoms with Crippen LogP contribution in [0.25, 0.3) is 16.6 Å². The Bertz CT molecular complexity index is 866. The number of fused-ring (bicyclic) bond motifs is 3. The van der Waals surface area contributed by atoms with Gasteiger partial charge in [0.05, 0.1) is 29.9 Å². The fraction of sp³-hybridized carbons (Fsp3) is 0.353. The molecule has 130 valence electrons. The van der Waals surface area contributed by atoms with Crippen molar-refractivity contribution in [3.8, 4) is 0 Å². The molecule has 0 saturated carbocycles. The molecule has 2 aromatic rings. The molecule has 2 bridgehead atoms. The summed E-state index contributed by atoms with van der Waals surface area (Å²) in [5.41, 5.74) is 13.7. The molecule has 4 atom stereocenters. The Morgan fingerprint density at radius 1 is 1.32 bits per heavy atom. The lowest BCUT2D eigenvalue weighted by molar-refractivity contribution is 0.0535. The number of nitrogens with one attached hydrogen (secondary N) is 2. The van der Waals surface area contributed by atoms with Crippen molar-refractivity contribution in [2.75, 3.05) is 11.1 Å². The van der Waals surface area contributed by atoms with Crippen molar-refractivity contribution >= 4 is 34.6 Å². The Morgan fingerprint density at radius 3 is 2.84 bits per heavy atom. The lowest BCUT2D eigenvalue weighted by Gasteiger charge is -2.23. The lowest BCUT2D eigenvalue weighted by Crippen LogP contribution is -2.36. The van der Waals surface area contributed by atoms with E-state index in [-0.39, 0.29) is 30.3 Å². The molecule has 8 heteroatoms. The molecular weight excluding hydrogens is 320 g/mol. The molecular formula is C17H20N6O2. The Hall–Kier alpha value is -2.71. The normalized spacial score (nSPS) is 28.4. The van der Waals surface area contributed by atoms with E-state index in [9.17, 15) is 5.11 Å². The van der Waals surface area contributed by atoms with Gasteiger partial charge in [-0.15, -0.1) is 0 Å². The van der Waals surface area contributed by atoms with Crippen LogP contribution in [-0.4, -0.2) is 45.6 Å². The van der Waals surface area contributed by atoms with E-state index < -0.39 is 0 Å². The third kappa shape index (κ3) is 2.79. The Balaban J connectivity index is 1.67. The Labute approximate surface area is 144 Å². The minimum absolute atomic E-state index is 0.0170. The van der Waals surface area contributed by atoms with Crippen molar-refractivity contribution in [1.82, 2.24) is 9.97 Å². The first-order valence-corrected chi connectivity index (χ1v) is 8.19. The topological polar surface area (TPSA) is 143 Å². The molecule has 8 nitrogen and oxygen atoms in total. The van der Waals surface area contributed by atoms with Crippen LogP contribution < -0.4 is 16.8 Å². The highest BCUT2D eigenvalue weighted by Crippen LogP contribution is 2.37. The Morgan fingerprint density at radius 2 is 2.16 bits per heavy atom. The number of nitrogen functional groups attached to an aromatic ring is 1. The van der Waals surface area contributed by atoms with Gasteiger partial charge in [-0.05, 0) is 30.2 Å². The standard InChI is InChI=1S/C17H20N6O2/c18-4-3-10(19)8-1-2-9-11(5-8)22-17(20)23-16(9)21-12-6-15-13(24)7-14(12)25-15/h1-5,12-15,18,24H,6-7,19H2,(H3,20,21,22,23)/b10-3-,18-4?. The first-order valence-electron chi connectivity index (χ1n) is 8.19. The van der Waals surface area contributed by atoms with Gasteiger partial charge in [0.25, 0.3) is 0 Å². The number of aliphatic hydroxyl groups excluding tert-OH is 1. The van der Waals surface area contributed by atoms with E-state index in [4.69, 9.17) is 21.6 Å². The quantitative estimate of drug-likeness (QED) is 0.519. The maximum absolute atomic E-state index is 9.81. The van der Waals surface area contributed by atoms with Crippen LogP contribution in [0.3, 0.4) is 0 Å².